The minimum atomic E-state index is 0.142. The summed E-state index contributed by atoms with van der Waals surface area (Å²) in [5, 5.41) is 12.0. The van der Waals surface area contributed by atoms with Crippen LogP contribution in [0.3, 0.4) is 0 Å². The van der Waals surface area contributed by atoms with Crippen molar-refractivity contribution in [1.82, 2.24) is 5.32 Å². The average Bonchev–Trinajstić information content (AvgIpc) is 2.19. The summed E-state index contributed by atoms with van der Waals surface area (Å²) in [6.45, 7) is 6.67. The van der Waals surface area contributed by atoms with Crippen LogP contribution in [-0.4, -0.2) is 18.3 Å². The van der Waals surface area contributed by atoms with Crippen LogP contribution in [-0.2, 0) is 0 Å². The fourth-order valence-corrected chi connectivity index (χ4v) is 1.43. The summed E-state index contributed by atoms with van der Waals surface area (Å²) >= 11 is 0. The van der Waals surface area contributed by atoms with Gasteiger partial charge in [0, 0.05) is 6.54 Å². The van der Waals surface area contributed by atoms with Crippen molar-refractivity contribution in [2.45, 2.75) is 13.0 Å². The Kier molecular flexibility index (Phi) is 4.36. The molecule has 14 heavy (non-hydrogen) atoms. The quantitative estimate of drug-likeness (QED) is 0.696. The molecule has 0 amide bonds. The molecule has 1 aromatic carbocycles. The van der Waals surface area contributed by atoms with Crippen LogP contribution in [0.1, 0.15) is 18.5 Å². The summed E-state index contributed by atoms with van der Waals surface area (Å²) in [5.74, 6) is 0. The topological polar surface area (TPSA) is 32.3 Å². The molecular weight excluding hydrogens is 174 g/mol. The van der Waals surface area contributed by atoms with Gasteiger partial charge in [-0.3, -0.25) is 0 Å². The van der Waals surface area contributed by atoms with E-state index < -0.39 is 0 Å². The summed E-state index contributed by atoms with van der Waals surface area (Å²) in [5.41, 5.74) is 2.25. The van der Waals surface area contributed by atoms with Crippen LogP contribution in [0.5, 0.6) is 0 Å². The van der Waals surface area contributed by atoms with E-state index in [4.69, 9.17) is 5.11 Å². The van der Waals surface area contributed by atoms with Crippen molar-refractivity contribution in [3.63, 3.8) is 0 Å². The molecule has 0 saturated heterocycles. The van der Waals surface area contributed by atoms with Gasteiger partial charge in [0.1, 0.15) is 0 Å². The lowest BCUT2D eigenvalue weighted by atomic mass is 10.0. The SMILES string of the molecule is C=C(C)C(NCCO)c1ccccc1. The van der Waals surface area contributed by atoms with Gasteiger partial charge in [0.05, 0.1) is 12.6 Å². The van der Waals surface area contributed by atoms with Crippen LogP contribution in [0.2, 0.25) is 0 Å². The Balaban J connectivity index is 2.73. The highest BCUT2D eigenvalue weighted by Crippen LogP contribution is 2.18. The first kappa shape index (κ1) is 11.0. The molecule has 0 spiro atoms. The highest BCUT2D eigenvalue weighted by Gasteiger charge is 2.09. The lowest BCUT2D eigenvalue weighted by Crippen LogP contribution is -2.25. The number of benzene rings is 1. The van der Waals surface area contributed by atoms with E-state index in [-0.39, 0.29) is 12.6 Å². The van der Waals surface area contributed by atoms with Gasteiger partial charge in [0.25, 0.3) is 0 Å². The zero-order valence-corrected chi connectivity index (χ0v) is 8.53. The van der Waals surface area contributed by atoms with Gasteiger partial charge in [-0.25, -0.2) is 0 Å². The highest BCUT2D eigenvalue weighted by molar-refractivity contribution is 5.25. The van der Waals surface area contributed by atoms with Crippen molar-refractivity contribution in [3.05, 3.63) is 48.0 Å². The van der Waals surface area contributed by atoms with Crippen molar-refractivity contribution >= 4 is 0 Å². The van der Waals surface area contributed by atoms with Crippen LogP contribution >= 0.6 is 0 Å². The van der Waals surface area contributed by atoms with Gasteiger partial charge in [-0.2, -0.15) is 0 Å². The van der Waals surface area contributed by atoms with Crippen LogP contribution < -0.4 is 5.32 Å². The molecule has 0 aromatic heterocycles. The molecule has 0 heterocycles. The number of hydrogen-bond acceptors (Lipinski definition) is 2. The van der Waals surface area contributed by atoms with Crippen molar-refractivity contribution < 1.29 is 5.11 Å². The predicted molar refractivity (Wildman–Crippen MR) is 59.1 cm³/mol. The van der Waals surface area contributed by atoms with E-state index in [0.717, 1.165) is 5.57 Å². The molecule has 1 aromatic rings. The van der Waals surface area contributed by atoms with E-state index in [2.05, 4.69) is 24.0 Å². The Bertz CT molecular complexity index is 282. The van der Waals surface area contributed by atoms with Gasteiger partial charge in [-0.1, -0.05) is 42.5 Å². The smallest absolute Gasteiger partial charge is 0.0556 e. The van der Waals surface area contributed by atoms with E-state index in [1.54, 1.807) is 0 Å². The summed E-state index contributed by atoms with van der Waals surface area (Å²) in [7, 11) is 0. The van der Waals surface area contributed by atoms with Gasteiger partial charge in [-0.05, 0) is 12.5 Å². The third kappa shape index (κ3) is 2.98. The molecule has 0 aliphatic carbocycles. The number of aliphatic hydroxyl groups excluding tert-OH is 1. The molecule has 0 saturated carbocycles. The van der Waals surface area contributed by atoms with Crippen LogP contribution in [0, 0.1) is 0 Å². The van der Waals surface area contributed by atoms with Gasteiger partial charge >= 0.3 is 0 Å². The third-order valence-corrected chi connectivity index (χ3v) is 2.09. The lowest BCUT2D eigenvalue weighted by molar-refractivity contribution is 0.288. The number of hydrogen-bond donors (Lipinski definition) is 2. The summed E-state index contributed by atoms with van der Waals surface area (Å²) in [6, 6.07) is 10.3. The molecule has 1 atom stereocenters. The first-order chi connectivity index (χ1) is 6.75. The van der Waals surface area contributed by atoms with Crippen LogP contribution in [0.4, 0.5) is 0 Å². The Labute approximate surface area is 85.3 Å². The summed E-state index contributed by atoms with van der Waals surface area (Å²) < 4.78 is 0. The molecule has 76 valence electrons. The maximum atomic E-state index is 8.75. The molecule has 0 radical (unpaired) electrons. The standard InChI is InChI=1S/C12H17NO/c1-10(2)12(13-8-9-14)11-6-4-3-5-7-11/h3-7,12-14H,1,8-9H2,2H3. The zero-order valence-electron chi connectivity index (χ0n) is 8.53. The van der Waals surface area contributed by atoms with E-state index in [1.807, 2.05) is 25.1 Å². The lowest BCUT2D eigenvalue weighted by Gasteiger charge is -2.18. The van der Waals surface area contributed by atoms with Crippen molar-refractivity contribution in [1.29, 1.82) is 0 Å². The van der Waals surface area contributed by atoms with E-state index in [0.29, 0.717) is 6.54 Å². The Morgan fingerprint density at radius 3 is 2.57 bits per heavy atom. The maximum Gasteiger partial charge on any atom is 0.0556 e. The Morgan fingerprint density at radius 2 is 2.07 bits per heavy atom. The van der Waals surface area contributed by atoms with Gasteiger partial charge in [0.2, 0.25) is 0 Å². The Hall–Kier alpha value is -1.12. The molecule has 0 aliphatic rings. The van der Waals surface area contributed by atoms with E-state index in [9.17, 15) is 0 Å². The van der Waals surface area contributed by atoms with Gasteiger partial charge in [0.15, 0.2) is 0 Å². The summed E-state index contributed by atoms with van der Waals surface area (Å²) in [4.78, 5) is 0. The fraction of sp³-hybridized carbons (Fsp3) is 0.333. The molecular formula is C12H17NO. The first-order valence-corrected chi connectivity index (χ1v) is 4.80. The van der Waals surface area contributed by atoms with Crippen molar-refractivity contribution in [3.8, 4) is 0 Å². The molecule has 0 aliphatic heterocycles. The molecule has 2 heteroatoms. The molecule has 0 bridgehead atoms. The predicted octanol–water partition coefficient (Wildman–Crippen LogP) is 1.89. The second kappa shape index (κ2) is 5.58. The Morgan fingerprint density at radius 1 is 1.43 bits per heavy atom. The van der Waals surface area contributed by atoms with Gasteiger partial charge in [-0.15, -0.1) is 0 Å². The molecule has 1 unspecified atom stereocenters. The normalized spacial score (nSPS) is 12.4. The maximum absolute atomic E-state index is 8.75. The van der Waals surface area contributed by atoms with E-state index in [1.165, 1.54) is 5.56 Å². The molecule has 0 fully saturated rings. The summed E-state index contributed by atoms with van der Waals surface area (Å²) in [6.07, 6.45) is 0. The number of nitrogens with one attached hydrogen (secondary N) is 1. The zero-order chi connectivity index (χ0) is 10.4. The largest absolute Gasteiger partial charge is 0.395 e. The second-order valence-corrected chi connectivity index (χ2v) is 3.37. The molecule has 2 nitrogen and oxygen atoms in total. The van der Waals surface area contributed by atoms with E-state index >= 15 is 0 Å². The fourth-order valence-electron chi connectivity index (χ4n) is 1.43. The first-order valence-electron chi connectivity index (χ1n) is 4.80. The third-order valence-electron chi connectivity index (χ3n) is 2.09. The number of rotatable bonds is 5. The number of aliphatic hydroxyl groups is 1. The van der Waals surface area contributed by atoms with Gasteiger partial charge < -0.3 is 10.4 Å². The van der Waals surface area contributed by atoms with Crippen molar-refractivity contribution in [2.24, 2.45) is 0 Å². The minimum absolute atomic E-state index is 0.142. The molecule has 1 rings (SSSR count). The second-order valence-electron chi connectivity index (χ2n) is 3.37. The monoisotopic (exact) mass is 191 g/mol. The van der Waals surface area contributed by atoms with Crippen molar-refractivity contribution in [2.75, 3.05) is 13.2 Å². The average molecular weight is 191 g/mol. The minimum Gasteiger partial charge on any atom is -0.395 e. The molecule has 2 N–H and O–H groups in total. The van der Waals surface area contributed by atoms with Crippen LogP contribution in [0.25, 0.3) is 0 Å². The van der Waals surface area contributed by atoms with Crippen LogP contribution in [0.15, 0.2) is 42.5 Å². The highest BCUT2D eigenvalue weighted by atomic mass is 16.3.